The number of hydrogen-bond donors (Lipinski definition) is 0. The molecule has 0 aliphatic carbocycles. The summed E-state index contributed by atoms with van der Waals surface area (Å²) in [5, 5.41) is 0. The van der Waals surface area contributed by atoms with Crippen LogP contribution in [0.25, 0.3) is 0 Å². The smallest absolute Gasteiger partial charge is 0.0248 e. The van der Waals surface area contributed by atoms with E-state index in [-0.39, 0.29) is 0 Å². The minimum absolute atomic E-state index is 0.553. The Bertz CT molecular complexity index is 186. The Morgan fingerprint density at radius 1 is 1.46 bits per heavy atom. The van der Waals surface area contributed by atoms with Crippen molar-refractivity contribution in [2.75, 3.05) is 13.1 Å². The summed E-state index contributed by atoms with van der Waals surface area (Å²) in [7, 11) is 0. The van der Waals surface area contributed by atoms with E-state index >= 15 is 0 Å². The van der Waals surface area contributed by atoms with Crippen molar-refractivity contribution in [2.24, 2.45) is 0 Å². The summed E-state index contributed by atoms with van der Waals surface area (Å²) in [6, 6.07) is 0. The van der Waals surface area contributed by atoms with Gasteiger partial charge in [0.1, 0.15) is 0 Å². The van der Waals surface area contributed by atoms with E-state index in [0.29, 0.717) is 5.54 Å². The monoisotopic (exact) mass is 181 g/mol. The fraction of sp³-hybridized carbons (Fsp3) is 0.833. The SMILES string of the molecule is C=C1CN2CCC[C@]2(CC)C1.CC. The van der Waals surface area contributed by atoms with Crippen molar-refractivity contribution in [3.63, 3.8) is 0 Å². The molecule has 0 radical (unpaired) electrons. The van der Waals surface area contributed by atoms with Gasteiger partial charge in [0, 0.05) is 12.1 Å². The van der Waals surface area contributed by atoms with Crippen molar-refractivity contribution < 1.29 is 0 Å². The van der Waals surface area contributed by atoms with Crippen LogP contribution >= 0.6 is 0 Å². The lowest BCUT2D eigenvalue weighted by atomic mass is 9.90. The first-order valence-corrected chi connectivity index (χ1v) is 5.68. The molecule has 0 spiro atoms. The molecule has 0 aromatic heterocycles. The molecule has 2 heterocycles. The molecule has 2 aliphatic rings. The Kier molecular flexibility index (Phi) is 3.55. The summed E-state index contributed by atoms with van der Waals surface area (Å²) in [5.74, 6) is 0. The fourth-order valence-corrected chi connectivity index (χ4v) is 2.76. The van der Waals surface area contributed by atoms with E-state index in [9.17, 15) is 0 Å². The van der Waals surface area contributed by atoms with Gasteiger partial charge in [-0.2, -0.15) is 0 Å². The summed E-state index contributed by atoms with van der Waals surface area (Å²) >= 11 is 0. The van der Waals surface area contributed by atoms with Crippen LogP contribution in [0.3, 0.4) is 0 Å². The Morgan fingerprint density at radius 2 is 2.15 bits per heavy atom. The number of nitrogens with zero attached hydrogens (tertiary/aromatic N) is 1. The van der Waals surface area contributed by atoms with Gasteiger partial charge in [0.15, 0.2) is 0 Å². The van der Waals surface area contributed by atoms with Gasteiger partial charge in [-0.05, 0) is 32.2 Å². The molecule has 13 heavy (non-hydrogen) atoms. The molecule has 1 nitrogen and oxygen atoms in total. The van der Waals surface area contributed by atoms with Crippen molar-refractivity contribution in [1.82, 2.24) is 4.90 Å². The maximum atomic E-state index is 4.09. The zero-order chi connectivity index (χ0) is 9.90. The molecule has 0 amide bonds. The van der Waals surface area contributed by atoms with Gasteiger partial charge in [-0.25, -0.2) is 0 Å². The van der Waals surface area contributed by atoms with Crippen LogP contribution in [0.5, 0.6) is 0 Å². The van der Waals surface area contributed by atoms with Crippen molar-refractivity contribution in [3.05, 3.63) is 12.2 Å². The maximum absolute atomic E-state index is 4.09. The fourth-order valence-electron chi connectivity index (χ4n) is 2.76. The van der Waals surface area contributed by atoms with E-state index in [4.69, 9.17) is 0 Å². The molecular weight excluding hydrogens is 158 g/mol. The predicted octanol–water partition coefficient (Wildman–Crippen LogP) is 3.22. The van der Waals surface area contributed by atoms with Gasteiger partial charge in [-0.1, -0.05) is 32.9 Å². The van der Waals surface area contributed by atoms with Crippen LogP contribution in [0.15, 0.2) is 12.2 Å². The Morgan fingerprint density at radius 3 is 2.69 bits per heavy atom. The molecule has 0 saturated carbocycles. The number of hydrogen-bond acceptors (Lipinski definition) is 1. The molecule has 2 aliphatic heterocycles. The standard InChI is InChI=1S/C10H17N.C2H6/c1-3-10-5-4-6-11(10)8-9(2)7-10;1-2/h2-8H2,1H3;1-2H3/t10-;/m1./s1. The third-order valence-electron chi connectivity index (χ3n) is 3.39. The normalized spacial score (nSPS) is 32.7. The summed E-state index contributed by atoms with van der Waals surface area (Å²) < 4.78 is 0. The third kappa shape index (κ3) is 1.80. The van der Waals surface area contributed by atoms with Crippen molar-refractivity contribution in [2.45, 2.75) is 52.0 Å². The van der Waals surface area contributed by atoms with Gasteiger partial charge < -0.3 is 0 Å². The van der Waals surface area contributed by atoms with Crippen LogP contribution in [0.2, 0.25) is 0 Å². The minimum atomic E-state index is 0.553. The molecule has 76 valence electrons. The molecule has 0 unspecified atom stereocenters. The minimum Gasteiger partial charge on any atom is -0.293 e. The summed E-state index contributed by atoms with van der Waals surface area (Å²) in [5.41, 5.74) is 2.00. The molecule has 0 aromatic rings. The maximum Gasteiger partial charge on any atom is 0.0248 e. The van der Waals surface area contributed by atoms with E-state index in [2.05, 4.69) is 18.4 Å². The van der Waals surface area contributed by atoms with E-state index in [0.717, 1.165) is 0 Å². The van der Waals surface area contributed by atoms with Crippen molar-refractivity contribution in [3.8, 4) is 0 Å². The van der Waals surface area contributed by atoms with Crippen LogP contribution < -0.4 is 0 Å². The zero-order valence-corrected chi connectivity index (χ0v) is 9.40. The zero-order valence-electron chi connectivity index (χ0n) is 9.40. The summed E-state index contributed by atoms with van der Waals surface area (Å²) in [4.78, 5) is 2.63. The number of rotatable bonds is 1. The summed E-state index contributed by atoms with van der Waals surface area (Å²) in [6.07, 6.45) is 5.39. The molecule has 0 N–H and O–H groups in total. The Hall–Kier alpha value is -0.300. The van der Waals surface area contributed by atoms with Gasteiger partial charge in [0.05, 0.1) is 0 Å². The van der Waals surface area contributed by atoms with Crippen LogP contribution in [0, 0.1) is 0 Å². The molecule has 2 fully saturated rings. The number of fused-ring (bicyclic) bond motifs is 1. The van der Waals surface area contributed by atoms with E-state index < -0.39 is 0 Å². The van der Waals surface area contributed by atoms with Gasteiger partial charge in [-0.15, -0.1) is 0 Å². The van der Waals surface area contributed by atoms with E-state index in [1.807, 2.05) is 13.8 Å². The van der Waals surface area contributed by atoms with Gasteiger partial charge in [0.25, 0.3) is 0 Å². The van der Waals surface area contributed by atoms with E-state index in [1.165, 1.54) is 44.3 Å². The van der Waals surface area contributed by atoms with Crippen molar-refractivity contribution >= 4 is 0 Å². The molecule has 2 rings (SSSR count). The second-order valence-corrected chi connectivity index (χ2v) is 4.03. The quantitative estimate of drug-likeness (QED) is 0.561. The van der Waals surface area contributed by atoms with E-state index in [1.54, 1.807) is 0 Å². The highest BCUT2D eigenvalue weighted by molar-refractivity contribution is 5.16. The molecule has 1 heteroatoms. The first kappa shape index (κ1) is 10.8. The van der Waals surface area contributed by atoms with Crippen molar-refractivity contribution in [1.29, 1.82) is 0 Å². The van der Waals surface area contributed by atoms with Gasteiger partial charge in [-0.3, -0.25) is 4.90 Å². The highest BCUT2D eigenvalue weighted by atomic mass is 15.2. The third-order valence-corrected chi connectivity index (χ3v) is 3.39. The highest BCUT2D eigenvalue weighted by Gasteiger charge is 2.43. The molecular formula is C12H23N. The lowest BCUT2D eigenvalue weighted by Gasteiger charge is -2.29. The average Bonchev–Trinajstić information content (AvgIpc) is 2.64. The lowest BCUT2D eigenvalue weighted by Crippen LogP contribution is -2.37. The first-order valence-electron chi connectivity index (χ1n) is 5.68. The summed E-state index contributed by atoms with van der Waals surface area (Å²) in [6.45, 7) is 12.9. The second-order valence-electron chi connectivity index (χ2n) is 4.03. The molecule has 0 aromatic carbocycles. The Balaban J connectivity index is 0.000000396. The van der Waals surface area contributed by atoms with Crippen LogP contribution in [-0.2, 0) is 0 Å². The predicted molar refractivity (Wildman–Crippen MR) is 58.9 cm³/mol. The van der Waals surface area contributed by atoms with Gasteiger partial charge in [0.2, 0.25) is 0 Å². The molecule has 1 atom stereocenters. The average molecular weight is 181 g/mol. The largest absolute Gasteiger partial charge is 0.293 e. The highest BCUT2D eigenvalue weighted by Crippen LogP contribution is 2.42. The van der Waals surface area contributed by atoms with Crippen LogP contribution in [0.4, 0.5) is 0 Å². The molecule has 0 bridgehead atoms. The second kappa shape index (κ2) is 4.28. The van der Waals surface area contributed by atoms with Crippen LogP contribution in [-0.4, -0.2) is 23.5 Å². The molecule has 2 saturated heterocycles. The van der Waals surface area contributed by atoms with Crippen LogP contribution in [0.1, 0.15) is 46.5 Å². The lowest BCUT2D eigenvalue weighted by molar-refractivity contribution is 0.189. The topological polar surface area (TPSA) is 3.24 Å². The first-order chi connectivity index (χ1) is 6.27. The Labute approximate surface area is 82.8 Å². The van der Waals surface area contributed by atoms with Gasteiger partial charge >= 0.3 is 0 Å².